The lowest BCUT2D eigenvalue weighted by molar-refractivity contribution is -0.136. The van der Waals surface area contributed by atoms with Gasteiger partial charge in [0.1, 0.15) is 0 Å². The number of amides is 1. The van der Waals surface area contributed by atoms with Gasteiger partial charge in [-0.2, -0.15) is 0 Å². The zero-order valence-corrected chi connectivity index (χ0v) is 10.9. The molecular weight excluding hydrogens is 228 g/mol. The molecule has 4 nitrogen and oxygen atoms in total. The maximum Gasteiger partial charge on any atom is 0.227 e. The Morgan fingerprint density at radius 2 is 2.00 bits per heavy atom. The topological polar surface area (TPSA) is 64.4 Å². The molecule has 96 valence electrons. The predicted molar refractivity (Wildman–Crippen MR) is 66.6 cm³/mol. The highest BCUT2D eigenvalue weighted by molar-refractivity contribution is 5.85. The van der Waals surface area contributed by atoms with Crippen molar-refractivity contribution in [2.75, 3.05) is 26.3 Å². The number of nitrogens with one attached hydrogen (secondary N) is 1. The first-order chi connectivity index (χ1) is 7.10. The van der Waals surface area contributed by atoms with Gasteiger partial charge in [0, 0.05) is 26.3 Å². The molecule has 5 heteroatoms. The molecule has 0 radical (unpaired) electrons. The number of rotatable bonds is 4. The van der Waals surface area contributed by atoms with Crippen LogP contribution in [0.2, 0.25) is 0 Å². The second-order valence-electron chi connectivity index (χ2n) is 4.70. The van der Waals surface area contributed by atoms with Crippen LogP contribution in [0.4, 0.5) is 0 Å². The van der Waals surface area contributed by atoms with E-state index in [9.17, 15) is 4.79 Å². The summed E-state index contributed by atoms with van der Waals surface area (Å²) in [6.07, 6.45) is 1.49. The summed E-state index contributed by atoms with van der Waals surface area (Å²) in [6, 6.07) is 0. The molecule has 0 aliphatic carbocycles. The quantitative estimate of drug-likeness (QED) is 0.781. The molecule has 1 heterocycles. The lowest BCUT2D eigenvalue weighted by Gasteiger charge is -2.34. The summed E-state index contributed by atoms with van der Waals surface area (Å²) in [5.74, 6) is 0.575. The Hall–Kier alpha value is -0.320. The molecule has 16 heavy (non-hydrogen) atoms. The van der Waals surface area contributed by atoms with Crippen LogP contribution >= 0.6 is 12.4 Å². The summed E-state index contributed by atoms with van der Waals surface area (Å²) >= 11 is 0. The van der Waals surface area contributed by atoms with E-state index in [0.29, 0.717) is 25.7 Å². The van der Waals surface area contributed by atoms with Crippen LogP contribution in [0.1, 0.15) is 26.7 Å². The van der Waals surface area contributed by atoms with Crippen LogP contribution in [0.3, 0.4) is 0 Å². The molecule has 3 N–H and O–H groups in total. The highest BCUT2D eigenvalue weighted by atomic mass is 35.5. The lowest BCUT2D eigenvalue weighted by atomic mass is 9.79. The molecule has 0 aromatic carbocycles. The van der Waals surface area contributed by atoms with E-state index in [0.717, 1.165) is 19.4 Å². The van der Waals surface area contributed by atoms with Gasteiger partial charge in [-0.3, -0.25) is 4.79 Å². The van der Waals surface area contributed by atoms with Crippen molar-refractivity contribution in [2.45, 2.75) is 26.7 Å². The number of nitrogens with two attached hydrogens (primary N) is 1. The van der Waals surface area contributed by atoms with Crippen molar-refractivity contribution in [3.8, 4) is 0 Å². The number of ether oxygens (including phenoxy) is 1. The van der Waals surface area contributed by atoms with Crippen molar-refractivity contribution in [1.82, 2.24) is 5.32 Å². The number of carbonyl (C=O) groups is 1. The van der Waals surface area contributed by atoms with Gasteiger partial charge in [0.25, 0.3) is 0 Å². The van der Waals surface area contributed by atoms with Gasteiger partial charge in [0.15, 0.2) is 0 Å². The minimum Gasteiger partial charge on any atom is -0.381 e. The summed E-state index contributed by atoms with van der Waals surface area (Å²) in [7, 11) is 0. The Bertz CT molecular complexity index is 216. The average Bonchev–Trinajstić information content (AvgIpc) is 2.26. The fourth-order valence-corrected chi connectivity index (χ4v) is 1.77. The van der Waals surface area contributed by atoms with Crippen molar-refractivity contribution >= 4 is 18.3 Å². The van der Waals surface area contributed by atoms with Crippen LogP contribution in [0.15, 0.2) is 0 Å². The summed E-state index contributed by atoms with van der Waals surface area (Å²) in [5.41, 5.74) is 5.35. The number of hydrogen-bond donors (Lipinski definition) is 2. The highest BCUT2D eigenvalue weighted by Gasteiger charge is 2.38. The van der Waals surface area contributed by atoms with Gasteiger partial charge in [-0.15, -0.1) is 12.4 Å². The summed E-state index contributed by atoms with van der Waals surface area (Å²) < 4.78 is 5.27. The third-order valence-corrected chi connectivity index (χ3v) is 2.99. The molecule has 1 fully saturated rings. The second-order valence-corrected chi connectivity index (χ2v) is 4.70. The normalized spacial score (nSPS) is 19.0. The van der Waals surface area contributed by atoms with Crippen molar-refractivity contribution in [2.24, 2.45) is 17.1 Å². The van der Waals surface area contributed by atoms with Crippen LogP contribution < -0.4 is 11.1 Å². The van der Waals surface area contributed by atoms with E-state index >= 15 is 0 Å². The number of hydrogen-bond acceptors (Lipinski definition) is 3. The lowest BCUT2D eigenvalue weighted by Crippen LogP contribution is -2.49. The maximum atomic E-state index is 12.0. The molecule has 1 amide bonds. The fourth-order valence-electron chi connectivity index (χ4n) is 1.77. The Labute approximate surface area is 104 Å². The van der Waals surface area contributed by atoms with Crippen molar-refractivity contribution in [1.29, 1.82) is 0 Å². The van der Waals surface area contributed by atoms with Crippen molar-refractivity contribution in [3.05, 3.63) is 0 Å². The monoisotopic (exact) mass is 250 g/mol. The SMILES string of the molecule is CC(C)CNC(=O)C1(CN)CCOCC1.Cl. The fraction of sp³-hybridized carbons (Fsp3) is 0.909. The molecule has 0 saturated carbocycles. The Morgan fingerprint density at radius 3 is 2.44 bits per heavy atom. The average molecular weight is 251 g/mol. The van der Waals surface area contributed by atoms with Crippen LogP contribution in [0.25, 0.3) is 0 Å². The van der Waals surface area contributed by atoms with Gasteiger partial charge < -0.3 is 15.8 Å². The van der Waals surface area contributed by atoms with E-state index in [-0.39, 0.29) is 23.7 Å². The summed E-state index contributed by atoms with van der Waals surface area (Å²) in [6.45, 7) is 6.60. The van der Waals surface area contributed by atoms with Gasteiger partial charge in [0.05, 0.1) is 5.41 Å². The standard InChI is InChI=1S/C11H22N2O2.ClH/c1-9(2)7-13-10(14)11(8-12)3-5-15-6-4-11;/h9H,3-8,12H2,1-2H3,(H,13,14);1H. The molecule has 1 aliphatic rings. The van der Waals surface area contributed by atoms with E-state index < -0.39 is 0 Å². The van der Waals surface area contributed by atoms with E-state index in [1.807, 2.05) is 0 Å². The minimum absolute atomic E-state index is 0. The molecule has 0 unspecified atom stereocenters. The summed E-state index contributed by atoms with van der Waals surface area (Å²) in [4.78, 5) is 12.0. The molecule has 1 saturated heterocycles. The third-order valence-electron chi connectivity index (χ3n) is 2.99. The molecule has 1 rings (SSSR count). The van der Waals surface area contributed by atoms with E-state index in [1.54, 1.807) is 0 Å². The highest BCUT2D eigenvalue weighted by Crippen LogP contribution is 2.29. The second kappa shape index (κ2) is 7.09. The molecule has 0 atom stereocenters. The Morgan fingerprint density at radius 1 is 1.44 bits per heavy atom. The van der Waals surface area contributed by atoms with E-state index in [2.05, 4.69) is 19.2 Å². The maximum absolute atomic E-state index is 12.0. The number of carbonyl (C=O) groups excluding carboxylic acids is 1. The zero-order valence-electron chi connectivity index (χ0n) is 10.1. The Balaban J connectivity index is 0.00000225. The van der Waals surface area contributed by atoms with Crippen molar-refractivity contribution in [3.63, 3.8) is 0 Å². The first-order valence-electron chi connectivity index (χ1n) is 5.67. The first kappa shape index (κ1) is 15.7. The molecule has 0 spiro atoms. The zero-order chi connectivity index (χ0) is 11.3. The van der Waals surface area contributed by atoms with Gasteiger partial charge in [-0.05, 0) is 18.8 Å². The molecule has 0 aromatic rings. The molecule has 0 bridgehead atoms. The van der Waals surface area contributed by atoms with Crippen LogP contribution in [0.5, 0.6) is 0 Å². The minimum atomic E-state index is -0.382. The van der Waals surface area contributed by atoms with Gasteiger partial charge in [-0.1, -0.05) is 13.8 Å². The van der Waals surface area contributed by atoms with Crippen LogP contribution in [-0.4, -0.2) is 32.2 Å². The largest absolute Gasteiger partial charge is 0.381 e. The molecule has 1 aliphatic heterocycles. The van der Waals surface area contributed by atoms with E-state index in [4.69, 9.17) is 10.5 Å². The Kier molecular flexibility index (Phi) is 6.95. The van der Waals surface area contributed by atoms with Gasteiger partial charge in [0.2, 0.25) is 5.91 Å². The number of halogens is 1. The summed E-state index contributed by atoms with van der Waals surface area (Å²) in [5, 5.41) is 2.97. The van der Waals surface area contributed by atoms with Gasteiger partial charge >= 0.3 is 0 Å². The van der Waals surface area contributed by atoms with E-state index in [1.165, 1.54) is 0 Å². The smallest absolute Gasteiger partial charge is 0.227 e. The van der Waals surface area contributed by atoms with Crippen molar-refractivity contribution < 1.29 is 9.53 Å². The van der Waals surface area contributed by atoms with Gasteiger partial charge in [-0.25, -0.2) is 0 Å². The van der Waals surface area contributed by atoms with Crippen LogP contribution in [0, 0.1) is 11.3 Å². The first-order valence-corrected chi connectivity index (χ1v) is 5.67. The predicted octanol–water partition coefficient (Wildman–Crippen LogP) is 0.936. The molecule has 0 aromatic heterocycles. The van der Waals surface area contributed by atoms with Crippen LogP contribution in [-0.2, 0) is 9.53 Å². The third kappa shape index (κ3) is 3.92. The molecular formula is C11H23ClN2O2.